The lowest BCUT2D eigenvalue weighted by atomic mass is 9.81. The number of anilines is 1. The minimum atomic E-state index is -1.12. The molecule has 1 aliphatic rings. The van der Waals surface area contributed by atoms with Crippen LogP contribution in [0.1, 0.15) is 70.5 Å². The second-order valence-electron chi connectivity index (χ2n) is 11.5. The number of carboxylic acids is 1. The van der Waals surface area contributed by atoms with Gasteiger partial charge in [-0.25, -0.2) is 4.79 Å². The van der Waals surface area contributed by atoms with E-state index in [9.17, 15) is 9.90 Å². The van der Waals surface area contributed by atoms with Crippen LogP contribution in [0.25, 0.3) is 21.9 Å². The van der Waals surface area contributed by atoms with E-state index in [4.69, 9.17) is 9.72 Å². The summed E-state index contributed by atoms with van der Waals surface area (Å²) in [6.45, 7) is 15.9. The van der Waals surface area contributed by atoms with Crippen LogP contribution in [0.4, 0.5) is 5.69 Å². The number of aliphatic carboxylic acids is 1. The van der Waals surface area contributed by atoms with Crippen LogP contribution in [0.3, 0.4) is 0 Å². The van der Waals surface area contributed by atoms with Crippen LogP contribution in [-0.4, -0.2) is 39.7 Å². The lowest BCUT2D eigenvalue weighted by Gasteiger charge is -2.41. The van der Waals surface area contributed by atoms with Gasteiger partial charge in [-0.3, -0.25) is 9.97 Å². The van der Waals surface area contributed by atoms with Crippen molar-refractivity contribution in [2.75, 3.05) is 18.0 Å². The fourth-order valence-corrected chi connectivity index (χ4v) is 5.00. The van der Waals surface area contributed by atoms with Gasteiger partial charge in [0.2, 0.25) is 0 Å². The molecule has 1 aliphatic heterocycles. The lowest BCUT2D eigenvalue weighted by molar-refractivity contribution is -0.160. The predicted octanol–water partition coefficient (Wildman–Crippen LogP) is 6.48. The van der Waals surface area contributed by atoms with Gasteiger partial charge in [-0.05, 0) is 76.0 Å². The van der Waals surface area contributed by atoms with Gasteiger partial charge < -0.3 is 14.7 Å². The number of aryl methyl sites for hydroxylation is 2. The number of carbonyl (C=O) groups is 1. The van der Waals surface area contributed by atoms with Gasteiger partial charge in [0, 0.05) is 53.4 Å². The molecule has 0 aliphatic carbocycles. The first-order chi connectivity index (χ1) is 16.4. The number of ether oxygens (including phenoxy) is 1. The fourth-order valence-electron chi connectivity index (χ4n) is 5.00. The van der Waals surface area contributed by atoms with E-state index in [0.717, 1.165) is 59.2 Å². The molecule has 3 heterocycles. The first-order valence-electron chi connectivity index (χ1n) is 12.4. The number of pyridine rings is 2. The molecule has 1 aromatic carbocycles. The van der Waals surface area contributed by atoms with Crippen LogP contribution in [0.5, 0.6) is 0 Å². The monoisotopic (exact) mass is 475 g/mol. The molecule has 1 atom stereocenters. The van der Waals surface area contributed by atoms with Crippen molar-refractivity contribution in [3.8, 4) is 11.1 Å². The van der Waals surface area contributed by atoms with Gasteiger partial charge in [-0.1, -0.05) is 26.0 Å². The number of carboxylic acid groups (broad SMARTS) is 1. The van der Waals surface area contributed by atoms with Gasteiger partial charge in [0.25, 0.3) is 0 Å². The highest BCUT2D eigenvalue weighted by atomic mass is 16.5. The third-order valence-corrected chi connectivity index (χ3v) is 6.90. The van der Waals surface area contributed by atoms with Crippen molar-refractivity contribution in [2.24, 2.45) is 5.41 Å². The van der Waals surface area contributed by atoms with Crippen LogP contribution in [0.15, 0.2) is 36.7 Å². The zero-order valence-corrected chi connectivity index (χ0v) is 22.0. The highest BCUT2D eigenvalue weighted by molar-refractivity contribution is 5.92. The third kappa shape index (κ3) is 5.32. The Bertz CT molecular complexity index is 1250. The van der Waals surface area contributed by atoms with Crippen molar-refractivity contribution in [1.29, 1.82) is 0 Å². The molecule has 1 fully saturated rings. The second-order valence-corrected chi connectivity index (χ2v) is 11.5. The Labute approximate surface area is 208 Å². The van der Waals surface area contributed by atoms with E-state index in [1.807, 2.05) is 46.9 Å². The third-order valence-electron chi connectivity index (χ3n) is 6.90. The van der Waals surface area contributed by atoms with E-state index in [0.29, 0.717) is 11.3 Å². The summed E-state index contributed by atoms with van der Waals surface area (Å²) in [5.41, 5.74) is 4.78. The molecule has 186 valence electrons. The fraction of sp³-hybridized carbons (Fsp3) is 0.483. The maximum absolute atomic E-state index is 12.6. The summed E-state index contributed by atoms with van der Waals surface area (Å²) in [6, 6.07) is 8.32. The Morgan fingerprint density at radius 1 is 1.09 bits per heavy atom. The highest BCUT2D eigenvalue weighted by Crippen LogP contribution is 2.45. The topological polar surface area (TPSA) is 75.6 Å². The molecular weight excluding hydrogens is 438 g/mol. The number of hydrogen-bond donors (Lipinski definition) is 1. The number of nitrogens with zero attached hydrogens (tertiary/aromatic N) is 3. The molecule has 0 amide bonds. The molecule has 0 saturated carbocycles. The zero-order chi connectivity index (χ0) is 25.5. The summed E-state index contributed by atoms with van der Waals surface area (Å²) in [5, 5.41) is 12.5. The normalized spacial score (nSPS) is 16.9. The Balaban J connectivity index is 1.99. The van der Waals surface area contributed by atoms with E-state index in [1.54, 1.807) is 6.20 Å². The molecule has 0 radical (unpaired) electrons. The first kappa shape index (κ1) is 25.1. The Hall–Kier alpha value is -2.99. The molecular formula is C29H37N3O3. The first-order valence-corrected chi connectivity index (χ1v) is 12.4. The van der Waals surface area contributed by atoms with Crippen molar-refractivity contribution >= 4 is 22.4 Å². The lowest BCUT2D eigenvalue weighted by Crippen LogP contribution is -2.39. The summed E-state index contributed by atoms with van der Waals surface area (Å²) in [5.74, 6) is -0.999. The minimum absolute atomic E-state index is 0.261. The number of piperidine rings is 1. The van der Waals surface area contributed by atoms with E-state index in [-0.39, 0.29) is 5.41 Å². The molecule has 2 aromatic heterocycles. The van der Waals surface area contributed by atoms with Crippen LogP contribution < -0.4 is 4.90 Å². The Morgan fingerprint density at radius 2 is 1.77 bits per heavy atom. The number of aromatic nitrogens is 2. The highest BCUT2D eigenvalue weighted by Gasteiger charge is 2.36. The Morgan fingerprint density at radius 3 is 2.40 bits per heavy atom. The number of hydrogen-bond acceptors (Lipinski definition) is 5. The van der Waals surface area contributed by atoms with Gasteiger partial charge in [0.05, 0.1) is 11.3 Å². The molecule has 3 aromatic rings. The van der Waals surface area contributed by atoms with Crippen LogP contribution in [0.2, 0.25) is 0 Å². The maximum Gasteiger partial charge on any atom is 0.337 e. The summed E-state index contributed by atoms with van der Waals surface area (Å²) < 4.78 is 6.16. The summed E-state index contributed by atoms with van der Waals surface area (Å²) in [6.07, 6.45) is 4.61. The van der Waals surface area contributed by atoms with Gasteiger partial charge in [-0.2, -0.15) is 0 Å². The summed E-state index contributed by atoms with van der Waals surface area (Å²) >= 11 is 0. The molecule has 0 spiro atoms. The van der Waals surface area contributed by atoms with Crippen molar-refractivity contribution in [2.45, 2.75) is 73.0 Å². The van der Waals surface area contributed by atoms with Gasteiger partial charge in [0.15, 0.2) is 6.10 Å². The number of fused-ring (bicyclic) bond motifs is 1. The molecule has 1 N–H and O–H groups in total. The van der Waals surface area contributed by atoms with E-state index in [1.165, 1.54) is 0 Å². The second kappa shape index (κ2) is 9.23. The van der Waals surface area contributed by atoms with Gasteiger partial charge in [0.1, 0.15) is 0 Å². The summed E-state index contributed by atoms with van der Waals surface area (Å²) in [4.78, 5) is 24.1. The van der Waals surface area contributed by atoms with E-state index < -0.39 is 17.7 Å². The molecule has 35 heavy (non-hydrogen) atoms. The van der Waals surface area contributed by atoms with Crippen molar-refractivity contribution in [3.63, 3.8) is 0 Å². The molecule has 1 saturated heterocycles. The molecule has 6 nitrogen and oxygen atoms in total. The molecule has 4 rings (SSSR count). The van der Waals surface area contributed by atoms with Gasteiger partial charge >= 0.3 is 5.97 Å². The zero-order valence-electron chi connectivity index (χ0n) is 22.0. The molecule has 6 heteroatoms. The van der Waals surface area contributed by atoms with Crippen molar-refractivity contribution < 1.29 is 14.6 Å². The largest absolute Gasteiger partial charge is 0.479 e. The van der Waals surface area contributed by atoms with Crippen LogP contribution >= 0.6 is 0 Å². The van der Waals surface area contributed by atoms with Crippen molar-refractivity contribution in [3.05, 3.63) is 53.6 Å². The smallest absolute Gasteiger partial charge is 0.337 e. The average Bonchev–Trinajstić information content (AvgIpc) is 2.76. The summed E-state index contributed by atoms with van der Waals surface area (Å²) in [7, 11) is 0. The molecule has 0 bridgehead atoms. The van der Waals surface area contributed by atoms with Crippen LogP contribution in [-0.2, 0) is 9.53 Å². The molecule has 1 unspecified atom stereocenters. The van der Waals surface area contributed by atoms with E-state index in [2.05, 4.69) is 41.9 Å². The average molecular weight is 476 g/mol. The Kier molecular flexibility index (Phi) is 6.62. The van der Waals surface area contributed by atoms with Crippen molar-refractivity contribution in [1.82, 2.24) is 9.97 Å². The number of rotatable bonds is 5. The standard InChI is InChI=1S/C29H37N3O3/c1-18-23(21-9-8-20-10-13-30-17-22(20)16-21)25(32-14-11-29(6,7)12-15-32)24(19(2)31-18)26(27(33)34)35-28(3,4)5/h8-10,13,16-17,26H,11-12,14-15H2,1-7H3,(H,33,34). The number of benzene rings is 1. The maximum atomic E-state index is 12.6. The quantitative estimate of drug-likeness (QED) is 0.455. The predicted molar refractivity (Wildman–Crippen MR) is 141 cm³/mol. The van der Waals surface area contributed by atoms with E-state index >= 15 is 0 Å². The SMILES string of the molecule is Cc1nc(C)c(C(OC(C)(C)C)C(=O)O)c(N2CCC(C)(C)CC2)c1-c1ccc2ccncc2c1. The minimum Gasteiger partial charge on any atom is -0.479 e. The van der Waals surface area contributed by atoms with Gasteiger partial charge in [-0.15, -0.1) is 0 Å². The van der Waals surface area contributed by atoms with Crippen LogP contribution in [0, 0.1) is 19.3 Å².